The van der Waals surface area contributed by atoms with Gasteiger partial charge in [0.2, 0.25) is 11.8 Å². The molecule has 0 atom stereocenters. The monoisotopic (exact) mass is 265 g/mol. The number of nitrogens with one attached hydrogen (secondary N) is 1. The summed E-state index contributed by atoms with van der Waals surface area (Å²) in [6.45, 7) is 3.30. The lowest BCUT2D eigenvalue weighted by molar-refractivity contribution is -0.131. The van der Waals surface area contributed by atoms with Crippen LogP contribution in [0.5, 0.6) is 0 Å². The molecular formula is C12H15N3O2S. The first-order chi connectivity index (χ1) is 8.65. The predicted octanol–water partition coefficient (Wildman–Crippen LogP) is 0.813. The zero-order valence-corrected chi connectivity index (χ0v) is 11.0. The Hall–Kier alpha value is -1.69. The van der Waals surface area contributed by atoms with Crippen LogP contribution < -0.4 is 5.32 Å². The molecule has 0 spiro atoms. The SMILES string of the molecule is Cc1nc(C=CC(=O)N2CCCNC(=O)C2)cs1. The van der Waals surface area contributed by atoms with E-state index in [1.54, 1.807) is 22.3 Å². The minimum atomic E-state index is -0.141. The fourth-order valence-corrected chi connectivity index (χ4v) is 2.29. The summed E-state index contributed by atoms with van der Waals surface area (Å²) in [4.78, 5) is 29.0. The molecule has 1 fully saturated rings. The van der Waals surface area contributed by atoms with E-state index in [1.807, 2.05) is 12.3 Å². The van der Waals surface area contributed by atoms with E-state index >= 15 is 0 Å². The number of carbonyl (C=O) groups is 2. The molecule has 0 unspecified atom stereocenters. The van der Waals surface area contributed by atoms with Gasteiger partial charge in [-0.25, -0.2) is 4.98 Å². The molecule has 0 bridgehead atoms. The lowest BCUT2D eigenvalue weighted by Crippen LogP contribution is -2.36. The topological polar surface area (TPSA) is 62.3 Å². The fraction of sp³-hybridized carbons (Fsp3) is 0.417. The normalized spacial score (nSPS) is 16.7. The Morgan fingerprint density at radius 1 is 1.61 bits per heavy atom. The Morgan fingerprint density at radius 3 is 3.17 bits per heavy atom. The summed E-state index contributed by atoms with van der Waals surface area (Å²) < 4.78 is 0. The van der Waals surface area contributed by atoms with Crippen LogP contribution in [-0.2, 0) is 9.59 Å². The van der Waals surface area contributed by atoms with Gasteiger partial charge in [-0.1, -0.05) is 0 Å². The number of amides is 2. The number of nitrogens with zero attached hydrogens (tertiary/aromatic N) is 2. The second-order valence-electron chi connectivity index (χ2n) is 4.09. The molecule has 18 heavy (non-hydrogen) atoms. The van der Waals surface area contributed by atoms with Crippen LogP contribution in [0.1, 0.15) is 17.1 Å². The molecule has 96 valence electrons. The number of aryl methyl sites for hydroxylation is 1. The highest BCUT2D eigenvalue weighted by molar-refractivity contribution is 7.09. The highest BCUT2D eigenvalue weighted by Crippen LogP contribution is 2.09. The smallest absolute Gasteiger partial charge is 0.247 e. The van der Waals surface area contributed by atoms with Gasteiger partial charge in [0.05, 0.1) is 17.2 Å². The molecule has 5 nitrogen and oxygen atoms in total. The Balaban J connectivity index is 1.98. The van der Waals surface area contributed by atoms with Crippen molar-refractivity contribution in [1.82, 2.24) is 15.2 Å². The van der Waals surface area contributed by atoms with Crippen LogP contribution in [0.4, 0.5) is 0 Å². The third-order valence-corrected chi connectivity index (χ3v) is 3.40. The molecule has 0 aromatic carbocycles. The highest BCUT2D eigenvalue weighted by atomic mass is 32.1. The lowest BCUT2D eigenvalue weighted by atomic mass is 10.3. The van der Waals surface area contributed by atoms with Crippen molar-refractivity contribution >= 4 is 29.2 Å². The summed E-state index contributed by atoms with van der Waals surface area (Å²) in [5.41, 5.74) is 0.783. The van der Waals surface area contributed by atoms with E-state index in [1.165, 1.54) is 6.08 Å². The third-order valence-electron chi connectivity index (χ3n) is 2.61. The van der Waals surface area contributed by atoms with Gasteiger partial charge >= 0.3 is 0 Å². The molecule has 0 aliphatic carbocycles. The van der Waals surface area contributed by atoms with Gasteiger partial charge in [0.15, 0.2) is 0 Å². The predicted molar refractivity (Wildman–Crippen MR) is 70.1 cm³/mol. The van der Waals surface area contributed by atoms with Crippen molar-refractivity contribution in [3.05, 3.63) is 22.2 Å². The Labute approximate surface area is 110 Å². The summed E-state index contributed by atoms with van der Waals surface area (Å²) in [5.74, 6) is -0.239. The van der Waals surface area contributed by atoms with E-state index in [0.29, 0.717) is 13.1 Å². The zero-order chi connectivity index (χ0) is 13.0. The van der Waals surface area contributed by atoms with E-state index in [4.69, 9.17) is 0 Å². The van der Waals surface area contributed by atoms with E-state index < -0.39 is 0 Å². The van der Waals surface area contributed by atoms with Gasteiger partial charge in [-0.2, -0.15) is 0 Å². The minimum Gasteiger partial charge on any atom is -0.354 e. The fourth-order valence-electron chi connectivity index (χ4n) is 1.71. The first-order valence-electron chi connectivity index (χ1n) is 5.81. The molecule has 1 N–H and O–H groups in total. The average Bonchev–Trinajstić information content (AvgIpc) is 2.63. The third kappa shape index (κ3) is 3.40. The number of thiazole rings is 1. The minimum absolute atomic E-state index is 0.0984. The van der Waals surface area contributed by atoms with Gasteiger partial charge in [0, 0.05) is 24.5 Å². The van der Waals surface area contributed by atoms with Crippen LogP contribution in [0.3, 0.4) is 0 Å². The number of carbonyl (C=O) groups excluding carboxylic acids is 2. The number of hydrogen-bond acceptors (Lipinski definition) is 4. The summed E-state index contributed by atoms with van der Waals surface area (Å²) in [6.07, 6.45) is 3.96. The molecular weight excluding hydrogens is 250 g/mol. The Morgan fingerprint density at radius 2 is 2.44 bits per heavy atom. The average molecular weight is 265 g/mol. The van der Waals surface area contributed by atoms with Crippen molar-refractivity contribution in [2.24, 2.45) is 0 Å². The molecule has 0 radical (unpaired) electrons. The van der Waals surface area contributed by atoms with Crippen molar-refractivity contribution < 1.29 is 9.59 Å². The molecule has 1 aromatic heterocycles. The molecule has 2 rings (SSSR count). The largest absolute Gasteiger partial charge is 0.354 e. The van der Waals surface area contributed by atoms with Crippen LogP contribution in [0.2, 0.25) is 0 Å². The second-order valence-corrected chi connectivity index (χ2v) is 5.15. The molecule has 0 saturated carbocycles. The molecule has 1 aliphatic rings. The number of hydrogen-bond donors (Lipinski definition) is 1. The van der Waals surface area contributed by atoms with E-state index in [-0.39, 0.29) is 18.4 Å². The van der Waals surface area contributed by atoms with Gasteiger partial charge in [-0.3, -0.25) is 9.59 Å². The van der Waals surface area contributed by atoms with Crippen molar-refractivity contribution in [3.8, 4) is 0 Å². The number of aromatic nitrogens is 1. The summed E-state index contributed by atoms with van der Waals surface area (Å²) in [6, 6.07) is 0. The summed E-state index contributed by atoms with van der Waals surface area (Å²) in [7, 11) is 0. The molecule has 1 aromatic rings. The second kappa shape index (κ2) is 5.77. The van der Waals surface area contributed by atoms with Crippen molar-refractivity contribution in [1.29, 1.82) is 0 Å². The van der Waals surface area contributed by atoms with Gasteiger partial charge in [0.1, 0.15) is 0 Å². The summed E-state index contributed by atoms with van der Waals surface area (Å²) in [5, 5.41) is 5.60. The molecule has 2 amide bonds. The Kier molecular flexibility index (Phi) is 4.09. The van der Waals surface area contributed by atoms with E-state index in [2.05, 4.69) is 10.3 Å². The van der Waals surface area contributed by atoms with Gasteiger partial charge in [-0.05, 0) is 19.4 Å². The molecule has 1 saturated heterocycles. The maximum Gasteiger partial charge on any atom is 0.247 e. The standard InChI is InChI=1S/C12H15N3O2S/c1-9-14-10(8-18-9)3-4-12(17)15-6-2-5-13-11(16)7-15/h3-4,8H,2,5-7H2,1H3,(H,13,16). The van der Waals surface area contributed by atoms with Crippen molar-refractivity contribution in [3.63, 3.8) is 0 Å². The Bertz CT molecular complexity index is 481. The van der Waals surface area contributed by atoms with Crippen molar-refractivity contribution in [2.45, 2.75) is 13.3 Å². The van der Waals surface area contributed by atoms with Crippen LogP contribution in [-0.4, -0.2) is 41.3 Å². The zero-order valence-electron chi connectivity index (χ0n) is 10.2. The summed E-state index contributed by atoms with van der Waals surface area (Å²) >= 11 is 1.54. The molecule has 6 heteroatoms. The van der Waals surface area contributed by atoms with Gasteiger partial charge in [-0.15, -0.1) is 11.3 Å². The quantitative estimate of drug-likeness (QED) is 0.805. The van der Waals surface area contributed by atoms with Crippen LogP contribution in [0, 0.1) is 6.92 Å². The van der Waals surface area contributed by atoms with E-state index in [9.17, 15) is 9.59 Å². The maximum atomic E-state index is 11.9. The molecule has 1 aliphatic heterocycles. The lowest BCUT2D eigenvalue weighted by Gasteiger charge is -2.16. The molecule has 2 heterocycles. The van der Waals surface area contributed by atoms with Gasteiger partial charge < -0.3 is 10.2 Å². The van der Waals surface area contributed by atoms with Crippen LogP contribution in [0.15, 0.2) is 11.5 Å². The van der Waals surface area contributed by atoms with Gasteiger partial charge in [0.25, 0.3) is 0 Å². The van der Waals surface area contributed by atoms with E-state index in [0.717, 1.165) is 17.1 Å². The first kappa shape index (κ1) is 12.8. The number of rotatable bonds is 2. The van der Waals surface area contributed by atoms with Crippen molar-refractivity contribution in [2.75, 3.05) is 19.6 Å². The maximum absolute atomic E-state index is 11.9. The van der Waals surface area contributed by atoms with Crippen LogP contribution in [0.25, 0.3) is 6.08 Å². The highest BCUT2D eigenvalue weighted by Gasteiger charge is 2.17. The first-order valence-corrected chi connectivity index (χ1v) is 6.69. The van der Waals surface area contributed by atoms with Crippen LogP contribution >= 0.6 is 11.3 Å².